The molecule has 0 aliphatic carbocycles. The summed E-state index contributed by atoms with van der Waals surface area (Å²) < 4.78 is 33.5. The highest BCUT2D eigenvalue weighted by Gasteiger charge is 2.37. The summed E-state index contributed by atoms with van der Waals surface area (Å²) in [5.41, 5.74) is 0.435. The lowest BCUT2D eigenvalue weighted by atomic mass is 9.94. The molecule has 0 saturated carbocycles. The van der Waals surface area contributed by atoms with Gasteiger partial charge in [0.25, 0.3) is 0 Å². The maximum Gasteiger partial charge on any atom is 0.337 e. The van der Waals surface area contributed by atoms with Crippen molar-refractivity contribution in [1.82, 2.24) is 15.1 Å². The average molecular weight is 383 g/mol. The summed E-state index contributed by atoms with van der Waals surface area (Å²) in [4.78, 5) is 16.2. The predicted octanol–water partition coefficient (Wildman–Crippen LogP) is 2.59. The standard InChI is InChI=1S/C18H23F2N3O2S/c1-11-14(17(24)25-4)16(15-12(19)7-5-8-13(15)20)21-18(26)23(11)10-6-9-22(2)3/h5,7-8,16H,6,9-10H2,1-4H3,(H,21,26)/t16-/m0/s1. The Balaban J connectivity index is 2.46. The smallest absolute Gasteiger partial charge is 0.337 e. The molecule has 1 aromatic rings. The van der Waals surface area contributed by atoms with E-state index in [1.807, 2.05) is 19.0 Å². The Hall–Kier alpha value is -2.06. The first-order valence-electron chi connectivity index (χ1n) is 8.23. The van der Waals surface area contributed by atoms with E-state index in [9.17, 15) is 13.6 Å². The van der Waals surface area contributed by atoms with E-state index < -0.39 is 23.6 Å². The highest BCUT2D eigenvalue weighted by Crippen LogP contribution is 2.34. The second-order valence-corrected chi connectivity index (χ2v) is 6.70. The average Bonchev–Trinajstić information content (AvgIpc) is 2.56. The van der Waals surface area contributed by atoms with Gasteiger partial charge in [0, 0.05) is 12.2 Å². The minimum atomic E-state index is -1.04. The number of carbonyl (C=O) groups is 1. The molecule has 0 fully saturated rings. The summed E-state index contributed by atoms with van der Waals surface area (Å²) in [5.74, 6) is -2.15. The fourth-order valence-electron chi connectivity index (χ4n) is 2.97. The van der Waals surface area contributed by atoms with E-state index in [-0.39, 0.29) is 11.1 Å². The Kier molecular flexibility index (Phi) is 6.66. The van der Waals surface area contributed by atoms with Crippen molar-refractivity contribution in [2.24, 2.45) is 0 Å². The number of ether oxygens (including phenoxy) is 1. The Morgan fingerprint density at radius 3 is 2.50 bits per heavy atom. The van der Waals surface area contributed by atoms with Crippen molar-refractivity contribution in [3.05, 3.63) is 46.7 Å². The zero-order valence-electron chi connectivity index (χ0n) is 15.3. The van der Waals surface area contributed by atoms with Crippen LogP contribution in [0.2, 0.25) is 0 Å². The number of halogens is 2. The van der Waals surface area contributed by atoms with Gasteiger partial charge < -0.3 is 19.9 Å². The Bertz CT molecular complexity index is 717. The lowest BCUT2D eigenvalue weighted by Crippen LogP contribution is -2.48. The molecule has 0 saturated heterocycles. The quantitative estimate of drug-likeness (QED) is 0.602. The predicted molar refractivity (Wildman–Crippen MR) is 99.4 cm³/mol. The van der Waals surface area contributed by atoms with E-state index in [4.69, 9.17) is 17.0 Å². The van der Waals surface area contributed by atoms with Gasteiger partial charge in [-0.25, -0.2) is 13.6 Å². The summed E-state index contributed by atoms with van der Waals surface area (Å²) in [6.07, 6.45) is 0.805. The first-order valence-corrected chi connectivity index (χ1v) is 8.64. The van der Waals surface area contributed by atoms with Crippen molar-refractivity contribution in [2.45, 2.75) is 19.4 Å². The largest absolute Gasteiger partial charge is 0.466 e. The van der Waals surface area contributed by atoms with Crippen LogP contribution < -0.4 is 5.32 Å². The van der Waals surface area contributed by atoms with Crippen LogP contribution in [0.4, 0.5) is 8.78 Å². The molecule has 8 heteroatoms. The zero-order chi connectivity index (χ0) is 19.4. The molecular formula is C18H23F2N3O2S. The number of hydrogen-bond acceptors (Lipinski definition) is 4. The van der Waals surface area contributed by atoms with Gasteiger partial charge in [0.2, 0.25) is 0 Å². The van der Waals surface area contributed by atoms with E-state index in [2.05, 4.69) is 5.32 Å². The van der Waals surface area contributed by atoms with Gasteiger partial charge in [-0.05, 0) is 58.3 Å². The minimum Gasteiger partial charge on any atom is -0.466 e. The molecule has 0 bridgehead atoms. The molecule has 2 rings (SSSR count). The van der Waals surface area contributed by atoms with E-state index in [1.54, 1.807) is 11.8 Å². The molecule has 0 amide bonds. The van der Waals surface area contributed by atoms with Crippen molar-refractivity contribution in [3.63, 3.8) is 0 Å². The molecule has 5 nitrogen and oxygen atoms in total. The molecule has 1 aliphatic heterocycles. The second-order valence-electron chi connectivity index (χ2n) is 6.32. The first-order chi connectivity index (χ1) is 12.3. The number of rotatable bonds is 6. The van der Waals surface area contributed by atoms with Crippen molar-refractivity contribution in [1.29, 1.82) is 0 Å². The number of nitrogens with one attached hydrogen (secondary N) is 1. The van der Waals surface area contributed by atoms with E-state index in [0.717, 1.165) is 25.1 Å². The van der Waals surface area contributed by atoms with Crippen LogP contribution in [0.25, 0.3) is 0 Å². The molecule has 0 radical (unpaired) electrons. The van der Waals surface area contributed by atoms with Gasteiger partial charge in [0.05, 0.1) is 24.3 Å². The molecule has 1 aliphatic rings. The van der Waals surface area contributed by atoms with E-state index >= 15 is 0 Å². The highest BCUT2D eigenvalue weighted by atomic mass is 32.1. The number of allylic oxidation sites excluding steroid dienone is 1. The van der Waals surface area contributed by atoms with Gasteiger partial charge in [-0.3, -0.25) is 0 Å². The lowest BCUT2D eigenvalue weighted by Gasteiger charge is -2.37. The monoisotopic (exact) mass is 383 g/mol. The normalized spacial score (nSPS) is 17.6. The number of methoxy groups -OCH3 is 1. The van der Waals surface area contributed by atoms with E-state index in [0.29, 0.717) is 17.4 Å². The molecule has 0 spiro atoms. The van der Waals surface area contributed by atoms with Crippen LogP contribution in [0.1, 0.15) is 24.9 Å². The van der Waals surface area contributed by atoms with Crippen LogP contribution in [-0.4, -0.2) is 55.2 Å². The summed E-state index contributed by atoms with van der Waals surface area (Å²) in [6, 6.07) is 2.53. The summed E-state index contributed by atoms with van der Waals surface area (Å²) >= 11 is 5.39. The maximum atomic E-state index is 14.3. The van der Waals surface area contributed by atoms with Gasteiger partial charge >= 0.3 is 5.97 Å². The molecule has 26 heavy (non-hydrogen) atoms. The van der Waals surface area contributed by atoms with Crippen LogP contribution in [0.3, 0.4) is 0 Å². The zero-order valence-corrected chi connectivity index (χ0v) is 16.1. The second kappa shape index (κ2) is 8.55. The van der Waals surface area contributed by atoms with Gasteiger partial charge in [-0.1, -0.05) is 6.07 Å². The third kappa shape index (κ3) is 4.19. The summed E-state index contributed by atoms with van der Waals surface area (Å²) in [5, 5.41) is 3.22. The molecule has 1 N–H and O–H groups in total. The topological polar surface area (TPSA) is 44.8 Å². The molecule has 0 unspecified atom stereocenters. The third-order valence-corrected chi connectivity index (χ3v) is 4.62. The molecule has 1 atom stereocenters. The number of benzene rings is 1. The number of esters is 1. The Morgan fingerprint density at radius 1 is 1.35 bits per heavy atom. The Morgan fingerprint density at radius 2 is 1.96 bits per heavy atom. The molecule has 0 aromatic heterocycles. The van der Waals surface area contributed by atoms with Crippen LogP contribution >= 0.6 is 12.2 Å². The lowest BCUT2D eigenvalue weighted by molar-refractivity contribution is -0.136. The van der Waals surface area contributed by atoms with Gasteiger partial charge in [-0.2, -0.15) is 0 Å². The summed E-state index contributed by atoms with van der Waals surface area (Å²) in [7, 11) is 5.17. The molecule has 142 valence electrons. The van der Waals surface area contributed by atoms with Crippen LogP contribution in [0, 0.1) is 11.6 Å². The maximum absolute atomic E-state index is 14.3. The van der Waals surface area contributed by atoms with Crippen molar-refractivity contribution >= 4 is 23.3 Å². The van der Waals surface area contributed by atoms with Gasteiger partial charge in [-0.15, -0.1) is 0 Å². The molecule has 1 aromatic carbocycles. The van der Waals surface area contributed by atoms with Gasteiger partial charge in [0.1, 0.15) is 11.6 Å². The summed E-state index contributed by atoms with van der Waals surface area (Å²) in [6.45, 7) is 3.12. The van der Waals surface area contributed by atoms with Crippen LogP contribution in [0.15, 0.2) is 29.5 Å². The number of carbonyl (C=O) groups excluding carboxylic acids is 1. The fraction of sp³-hybridized carbons (Fsp3) is 0.444. The highest BCUT2D eigenvalue weighted by molar-refractivity contribution is 7.80. The Labute approximate surface area is 157 Å². The minimum absolute atomic E-state index is 0.148. The number of nitrogens with zero attached hydrogens (tertiary/aromatic N) is 2. The SMILES string of the molecule is COC(=O)C1=C(C)N(CCCN(C)C)C(=S)N[C@@H]1c1c(F)cccc1F. The van der Waals surface area contributed by atoms with Crippen LogP contribution in [-0.2, 0) is 9.53 Å². The number of hydrogen-bond donors (Lipinski definition) is 1. The van der Waals surface area contributed by atoms with E-state index in [1.165, 1.54) is 13.2 Å². The van der Waals surface area contributed by atoms with Crippen molar-refractivity contribution in [2.75, 3.05) is 34.3 Å². The van der Waals surface area contributed by atoms with Crippen molar-refractivity contribution in [3.8, 4) is 0 Å². The molecular weight excluding hydrogens is 360 g/mol. The fourth-order valence-corrected chi connectivity index (χ4v) is 3.32. The first kappa shape index (κ1) is 20.3. The van der Waals surface area contributed by atoms with Gasteiger partial charge in [0.15, 0.2) is 5.11 Å². The van der Waals surface area contributed by atoms with Crippen LogP contribution in [0.5, 0.6) is 0 Å². The number of thiocarbonyl (C=S) groups is 1. The molecule has 1 heterocycles. The van der Waals surface area contributed by atoms with Crippen molar-refractivity contribution < 1.29 is 18.3 Å². The third-order valence-electron chi connectivity index (χ3n) is 4.28.